The Balaban J connectivity index is 1.57. The zero-order chi connectivity index (χ0) is 26.1. The van der Waals surface area contributed by atoms with Crippen molar-refractivity contribution in [3.05, 3.63) is 23.0 Å². The number of halogens is 2. The van der Waals surface area contributed by atoms with E-state index in [4.69, 9.17) is 4.98 Å². The molecule has 1 saturated heterocycles. The van der Waals surface area contributed by atoms with E-state index in [0.29, 0.717) is 48.7 Å². The minimum absolute atomic E-state index is 0.0186. The molecule has 0 unspecified atom stereocenters. The summed E-state index contributed by atoms with van der Waals surface area (Å²) in [6, 6.07) is 3.99. The van der Waals surface area contributed by atoms with Crippen molar-refractivity contribution < 1.29 is 17.2 Å². The number of nitriles is 1. The molecule has 0 radical (unpaired) electrons. The molecule has 2 atom stereocenters. The fourth-order valence-electron chi connectivity index (χ4n) is 4.97. The number of pyridine rings is 1. The molecular weight excluding hydrogens is 522 g/mol. The van der Waals surface area contributed by atoms with Crippen LogP contribution < -0.4 is 14.9 Å². The summed E-state index contributed by atoms with van der Waals surface area (Å²) >= 11 is 0.787. The van der Waals surface area contributed by atoms with Crippen LogP contribution in [0.5, 0.6) is 0 Å². The number of nitrogens with zero attached hydrogens (tertiary/aromatic N) is 6. The second kappa shape index (κ2) is 8.65. The molecule has 2 aliphatic carbocycles. The molecule has 6 rings (SSSR count). The maximum Gasteiger partial charge on any atom is 0.291 e. The SMILES string of the molecule is C[C@H]1CN(c2cc(S(=O)(=O)NC3(C#N)CC3)cn3c(-c4nnc(C(F)F)s4)c(C4CC4)nc23)C[C@H](C)N1. The summed E-state index contributed by atoms with van der Waals surface area (Å²) in [5, 5.41) is 20.5. The van der Waals surface area contributed by atoms with Gasteiger partial charge in [0.05, 0.1) is 17.5 Å². The van der Waals surface area contributed by atoms with Gasteiger partial charge in [0, 0.05) is 37.3 Å². The second-order valence-corrected chi connectivity index (χ2v) is 13.0. The topological polar surface area (TPSA) is 128 Å². The van der Waals surface area contributed by atoms with Gasteiger partial charge < -0.3 is 10.2 Å². The summed E-state index contributed by atoms with van der Waals surface area (Å²) in [6.45, 7) is 5.39. The quantitative estimate of drug-likeness (QED) is 0.461. The van der Waals surface area contributed by atoms with Crippen LogP contribution in [-0.4, -0.2) is 58.7 Å². The van der Waals surface area contributed by atoms with Crippen molar-refractivity contribution >= 4 is 32.7 Å². The van der Waals surface area contributed by atoms with E-state index >= 15 is 0 Å². The summed E-state index contributed by atoms with van der Waals surface area (Å²) in [5.41, 5.74) is 1.31. The van der Waals surface area contributed by atoms with Crippen LogP contribution in [0.4, 0.5) is 14.5 Å². The zero-order valence-electron chi connectivity index (χ0n) is 20.3. The Labute approximate surface area is 216 Å². The van der Waals surface area contributed by atoms with E-state index in [1.54, 1.807) is 10.5 Å². The van der Waals surface area contributed by atoms with E-state index < -0.39 is 27.0 Å². The first-order valence-electron chi connectivity index (χ1n) is 12.2. The number of anilines is 1. The Hall–Kier alpha value is -2.73. The number of aromatic nitrogens is 4. The van der Waals surface area contributed by atoms with Crippen molar-refractivity contribution in [3.8, 4) is 16.8 Å². The summed E-state index contributed by atoms with van der Waals surface area (Å²) in [4.78, 5) is 7.03. The van der Waals surface area contributed by atoms with Crippen LogP contribution in [0.2, 0.25) is 0 Å². The van der Waals surface area contributed by atoms with Crippen LogP contribution in [-0.2, 0) is 10.0 Å². The lowest BCUT2D eigenvalue weighted by molar-refractivity contribution is 0.150. The van der Waals surface area contributed by atoms with Crippen LogP contribution in [0.25, 0.3) is 16.3 Å². The Morgan fingerprint density at radius 2 is 1.95 bits per heavy atom. The van der Waals surface area contributed by atoms with Crippen molar-refractivity contribution in [1.29, 1.82) is 5.26 Å². The van der Waals surface area contributed by atoms with Crippen molar-refractivity contribution in [1.82, 2.24) is 29.6 Å². The van der Waals surface area contributed by atoms with Crippen LogP contribution in [0, 0.1) is 11.3 Å². The predicted molar refractivity (Wildman–Crippen MR) is 133 cm³/mol. The van der Waals surface area contributed by atoms with Crippen molar-refractivity contribution in [2.45, 2.75) is 74.4 Å². The number of imidazole rings is 1. The number of hydrogen-bond acceptors (Lipinski definition) is 9. The maximum absolute atomic E-state index is 13.5. The second-order valence-electron chi connectivity index (χ2n) is 10.3. The lowest BCUT2D eigenvalue weighted by atomic mass is 10.1. The minimum atomic E-state index is -4.07. The number of fused-ring (bicyclic) bond motifs is 1. The molecule has 37 heavy (non-hydrogen) atoms. The molecule has 3 aromatic heterocycles. The van der Waals surface area contributed by atoms with Gasteiger partial charge in [0.25, 0.3) is 6.43 Å². The number of piperazine rings is 1. The molecule has 196 valence electrons. The first-order chi connectivity index (χ1) is 17.6. The lowest BCUT2D eigenvalue weighted by Gasteiger charge is -2.37. The van der Waals surface area contributed by atoms with Crippen LogP contribution in [0.3, 0.4) is 0 Å². The lowest BCUT2D eigenvalue weighted by Crippen LogP contribution is -2.54. The Morgan fingerprint density at radius 3 is 2.51 bits per heavy atom. The van der Waals surface area contributed by atoms with Gasteiger partial charge in [-0.25, -0.2) is 22.2 Å². The molecule has 0 bridgehead atoms. The van der Waals surface area contributed by atoms with Gasteiger partial charge in [0.2, 0.25) is 10.0 Å². The zero-order valence-corrected chi connectivity index (χ0v) is 21.9. The molecule has 3 aliphatic rings. The molecule has 2 saturated carbocycles. The molecule has 4 heterocycles. The molecular formula is C23H26F2N8O2S2. The highest BCUT2D eigenvalue weighted by atomic mass is 32.2. The van der Waals surface area contributed by atoms with E-state index in [9.17, 15) is 22.5 Å². The van der Waals surface area contributed by atoms with Gasteiger partial charge in [0.15, 0.2) is 15.7 Å². The summed E-state index contributed by atoms with van der Waals surface area (Å²) in [5.74, 6) is 0.147. The smallest absolute Gasteiger partial charge is 0.291 e. The number of nitrogens with one attached hydrogen (secondary N) is 2. The maximum atomic E-state index is 13.5. The van der Waals surface area contributed by atoms with Crippen LogP contribution in [0.1, 0.15) is 62.6 Å². The molecule has 10 nitrogen and oxygen atoms in total. The summed E-state index contributed by atoms with van der Waals surface area (Å²) in [7, 11) is -4.07. The van der Waals surface area contributed by atoms with Crippen molar-refractivity contribution in [2.75, 3.05) is 18.0 Å². The van der Waals surface area contributed by atoms with Gasteiger partial charge in [0.1, 0.15) is 16.1 Å². The standard InChI is InChI=1S/C23H26F2N8O2S2/c1-12-8-32(9-13(2)27-12)16-7-15(37(34,35)31-23(11-26)5-6-23)10-33-18(17(14-3-4-14)28-20(16)33)21-29-30-22(36-21)19(24)25/h7,10,12-14,19,27,31H,3-6,8-9H2,1-2H3/t12-,13-/m0/s1. The van der Waals surface area contributed by atoms with E-state index in [1.165, 1.54) is 6.20 Å². The molecule has 0 amide bonds. The van der Waals surface area contributed by atoms with Gasteiger partial charge in [-0.05, 0) is 45.6 Å². The fourth-order valence-corrected chi connectivity index (χ4v) is 7.12. The predicted octanol–water partition coefficient (Wildman–Crippen LogP) is 3.19. The summed E-state index contributed by atoms with van der Waals surface area (Å²) < 4.78 is 57.9. The van der Waals surface area contributed by atoms with Gasteiger partial charge >= 0.3 is 0 Å². The normalized spacial score (nSPS) is 23.5. The largest absolute Gasteiger partial charge is 0.365 e. The minimum Gasteiger partial charge on any atom is -0.365 e. The Morgan fingerprint density at radius 1 is 1.24 bits per heavy atom. The molecule has 0 spiro atoms. The third-order valence-electron chi connectivity index (χ3n) is 7.00. The fraction of sp³-hybridized carbons (Fsp3) is 0.565. The van der Waals surface area contributed by atoms with Gasteiger partial charge in [-0.15, -0.1) is 10.2 Å². The highest BCUT2D eigenvalue weighted by molar-refractivity contribution is 7.89. The van der Waals surface area contributed by atoms with Gasteiger partial charge in [-0.3, -0.25) is 4.40 Å². The van der Waals surface area contributed by atoms with Crippen LogP contribution in [0.15, 0.2) is 17.2 Å². The number of rotatable bonds is 7. The molecule has 3 aromatic rings. The third-order valence-corrected chi connectivity index (χ3v) is 9.44. The monoisotopic (exact) mass is 548 g/mol. The van der Waals surface area contributed by atoms with Crippen molar-refractivity contribution in [3.63, 3.8) is 0 Å². The van der Waals surface area contributed by atoms with Crippen LogP contribution >= 0.6 is 11.3 Å². The average Bonchev–Trinajstić information content (AvgIpc) is 3.74. The number of sulfonamides is 1. The number of hydrogen-bond donors (Lipinski definition) is 2. The highest BCUT2D eigenvalue weighted by Crippen LogP contribution is 2.46. The molecule has 2 N–H and O–H groups in total. The van der Waals surface area contributed by atoms with Gasteiger partial charge in [-0.1, -0.05) is 11.3 Å². The summed E-state index contributed by atoms with van der Waals surface area (Å²) in [6.07, 6.45) is 1.43. The van der Waals surface area contributed by atoms with Gasteiger partial charge in [-0.2, -0.15) is 9.98 Å². The van der Waals surface area contributed by atoms with E-state index in [2.05, 4.69) is 45.1 Å². The average molecular weight is 549 g/mol. The molecule has 1 aliphatic heterocycles. The Kier molecular flexibility index (Phi) is 5.75. The molecule has 14 heteroatoms. The highest BCUT2D eigenvalue weighted by Gasteiger charge is 2.47. The first kappa shape index (κ1) is 24.6. The van der Waals surface area contributed by atoms with Crippen molar-refractivity contribution in [2.24, 2.45) is 0 Å². The first-order valence-corrected chi connectivity index (χ1v) is 14.5. The molecule has 0 aromatic carbocycles. The Bertz CT molecular complexity index is 1510. The third kappa shape index (κ3) is 4.47. The molecule has 3 fully saturated rings. The number of alkyl halides is 2. The van der Waals surface area contributed by atoms with E-state index in [-0.39, 0.29) is 27.9 Å². The van der Waals surface area contributed by atoms with E-state index in [0.717, 1.165) is 24.2 Å². The van der Waals surface area contributed by atoms with E-state index in [1.807, 2.05) is 0 Å².